The van der Waals surface area contributed by atoms with Crippen molar-refractivity contribution < 1.29 is 9.59 Å². The molecule has 0 bridgehead atoms. The standard InChI is InChI=1S/C15H17N3O2S2/c19-12(13-3-1-9-21-13)11-17-5-7-18(8-6-17)15(20)16-14-4-2-10-22-14/h1-4,9-10H,5-8,11H2,(H,16,20). The molecule has 0 aliphatic carbocycles. The van der Waals surface area contributed by atoms with Gasteiger partial charge in [0.1, 0.15) is 0 Å². The average molecular weight is 335 g/mol. The van der Waals surface area contributed by atoms with Crippen LogP contribution in [0.1, 0.15) is 9.67 Å². The number of hydrogen-bond acceptors (Lipinski definition) is 5. The van der Waals surface area contributed by atoms with Gasteiger partial charge in [-0.15, -0.1) is 22.7 Å². The van der Waals surface area contributed by atoms with Gasteiger partial charge in [-0.3, -0.25) is 15.0 Å². The fourth-order valence-corrected chi connectivity index (χ4v) is 3.63. The molecule has 3 rings (SSSR count). The minimum Gasteiger partial charge on any atom is -0.322 e. The molecule has 0 radical (unpaired) electrons. The number of nitrogens with one attached hydrogen (secondary N) is 1. The van der Waals surface area contributed by atoms with Gasteiger partial charge in [-0.2, -0.15) is 0 Å². The van der Waals surface area contributed by atoms with Crippen LogP contribution in [0.4, 0.5) is 9.80 Å². The van der Waals surface area contributed by atoms with E-state index >= 15 is 0 Å². The molecule has 116 valence electrons. The molecule has 22 heavy (non-hydrogen) atoms. The second kappa shape index (κ2) is 7.04. The Bertz CT molecular complexity index is 617. The molecule has 1 saturated heterocycles. The average Bonchev–Trinajstić information content (AvgIpc) is 3.21. The number of piperazine rings is 1. The number of ketones is 1. The summed E-state index contributed by atoms with van der Waals surface area (Å²) in [5.74, 6) is 0.159. The van der Waals surface area contributed by atoms with Crippen molar-refractivity contribution in [3.05, 3.63) is 39.9 Å². The molecule has 0 atom stereocenters. The Hall–Kier alpha value is -1.70. The summed E-state index contributed by atoms with van der Waals surface area (Å²) in [6.45, 7) is 3.19. The van der Waals surface area contributed by atoms with E-state index in [4.69, 9.17) is 0 Å². The lowest BCUT2D eigenvalue weighted by atomic mass is 10.2. The number of hydrogen-bond donors (Lipinski definition) is 1. The molecule has 5 nitrogen and oxygen atoms in total. The lowest BCUT2D eigenvalue weighted by molar-refractivity contribution is 0.0887. The van der Waals surface area contributed by atoms with E-state index in [0.29, 0.717) is 19.6 Å². The molecule has 2 amide bonds. The Balaban J connectivity index is 1.46. The van der Waals surface area contributed by atoms with Crippen LogP contribution in [0.5, 0.6) is 0 Å². The van der Waals surface area contributed by atoms with Crippen molar-refractivity contribution in [2.75, 3.05) is 38.0 Å². The van der Waals surface area contributed by atoms with Gasteiger partial charge in [0.2, 0.25) is 0 Å². The number of urea groups is 1. The number of thiophene rings is 2. The zero-order valence-corrected chi connectivity index (χ0v) is 13.7. The molecule has 1 aliphatic heterocycles. The highest BCUT2D eigenvalue weighted by Crippen LogP contribution is 2.16. The Morgan fingerprint density at radius 2 is 1.77 bits per heavy atom. The maximum Gasteiger partial charge on any atom is 0.322 e. The highest BCUT2D eigenvalue weighted by atomic mass is 32.1. The minimum absolute atomic E-state index is 0.0633. The van der Waals surface area contributed by atoms with E-state index in [2.05, 4.69) is 10.2 Å². The summed E-state index contributed by atoms with van der Waals surface area (Å²) in [5, 5.41) is 7.60. The number of anilines is 1. The van der Waals surface area contributed by atoms with Gasteiger partial charge >= 0.3 is 6.03 Å². The van der Waals surface area contributed by atoms with Gasteiger partial charge in [0.05, 0.1) is 16.4 Å². The van der Waals surface area contributed by atoms with Gasteiger partial charge in [-0.1, -0.05) is 6.07 Å². The number of carbonyl (C=O) groups is 2. The fraction of sp³-hybridized carbons (Fsp3) is 0.333. The Labute approximate surface area is 137 Å². The molecule has 0 saturated carbocycles. The van der Waals surface area contributed by atoms with Crippen LogP contribution in [0.25, 0.3) is 0 Å². The van der Waals surface area contributed by atoms with Crippen molar-refractivity contribution in [2.24, 2.45) is 0 Å². The third-order valence-corrected chi connectivity index (χ3v) is 5.27. The maximum absolute atomic E-state index is 12.1. The zero-order valence-electron chi connectivity index (χ0n) is 12.0. The lowest BCUT2D eigenvalue weighted by Crippen LogP contribution is -2.51. The van der Waals surface area contributed by atoms with Crippen molar-refractivity contribution in [3.63, 3.8) is 0 Å². The van der Waals surface area contributed by atoms with Crippen LogP contribution in [-0.4, -0.2) is 54.3 Å². The topological polar surface area (TPSA) is 52.7 Å². The zero-order chi connectivity index (χ0) is 15.4. The van der Waals surface area contributed by atoms with Gasteiger partial charge in [0, 0.05) is 26.2 Å². The molecule has 3 heterocycles. The van der Waals surface area contributed by atoms with Crippen LogP contribution in [0.15, 0.2) is 35.0 Å². The quantitative estimate of drug-likeness (QED) is 0.874. The maximum atomic E-state index is 12.1. The number of carbonyl (C=O) groups excluding carboxylic acids is 2. The van der Waals surface area contributed by atoms with Gasteiger partial charge in [0.15, 0.2) is 5.78 Å². The Morgan fingerprint density at radius 3 is 2.41 bits per heavy atom. The number of nitrogens with zero attached hydrogens (tertiary/aromatic N) is 2. The summed E-state index contributed by atoms with van der Waals surface area (Å²) < 4.78 is 0. The van der Waals surface area contributed by atoms with Crippen LogP contribution in [0, 0.1) is 0 Å². The summed E-state index contributed by atoms with van der Waals surface area (Å²) >= 11 is 2.99. The lowest BCUT2D eigenvalue weighted by Gasteiger charge is -2.34. The largest absolute Gasteiger partial charge is 0.322 e. The van der Waals surface area contributed by atoms with E-state index in [1.165, 1.54) is 22.7 Å². The molecule has 2 aromatic heterocycles. The predicted molar refractivity (Wildman–Crippen MR) is 90.0 cm³/mol. The van der Waals surface area contributed by atoms with Crippen molar-refractivity contribution >= 4 is 39.5 Å². The van der Waals surface area contributed by atoms with E-state index in [9.17, 15) is 9.59 Å². The molecule has 0 spiro atoms. The molecule has 1 N–H and O–H groups in total. The molecular formula is C15H17N3O2S2. The predicted octanol–water partition coefficient (Wildman–Crippen LogP) is 2.84. The van der Waals surface area contributed by atoms with Crippen molar-refractivity contribution in [1.29, 1.82) is 0 Å². The van der Waals surface area contributed by atoms with Crippen molar-refractivity contribution in [3.8, 4) is 0 Å². The molecule has 7 heteroatoms. The summed E-state index contributed by atoms with van der Waals surface area (Å²) in [7, 11) is 0. The van der Waals surface area contributed by atoms with E-state index in [-0.39, 0.29) is 11.8 Å². The summed E-state index contributed by atoms with van der Waals surface area (Å²) in [5.41, 5.74) is 0. The minimum atomic E-state index is -0.0633. The highest BCUT2D eigenvalue weighted by Gasteiger charge is 2.23. The normalized spacial score (nSPS) is 15.7. The molecule has 1 fully saturated rings. The fourth-order valence-electron chi connectivity index (χ4n) is 2.36. The van der Waals surface area contributed by atoms with Crippen LogP contribution in [0.2, 0.25) is 0 Å². The Morgan fingerprint density at radius 1 is 1.05 bits per heavy atom. The first-order chi connectivity index (χ1) is 10.7. The van der Waals surface area contributed by atoms with Crippen molar-refractivity contribution in [1.82, 2.24) is 9.80 Å². The van der Waals surface area contributed by atoms with Crippen LogP contribution < -0.4 is 5.32 Å². The van der Waals surface area contributed by atoms with Crippen molar-refractivity contribution in [2.45, 2.75) is 0 Å². The summed E-state index contributed by atoms with van der Waals surface area (Å²) in [4.78, 5) is 28.9. The molecule has 0 aromatic carbocycles. The second-order valence-corrected chi connectivity index (χ2v) is 6.97. The van der Waals surface area contributed by atoms with Gasteiger partial charge in [-0.25, -0.2) is 4.79 Å². The number of rotatable bonds is 4. The molecule has 0 unspecified atom stereocenters. The van der Waals surface area contributed by atoms with Gasteiger partial charge in [0.25, 0.3) is 0 Å². The summed E-state index contributed by atoms with van der Waals surface area (Å²) in [6.07, 6.45) is 0. The Kier molecular flexibility index (Phi) is 4.87. The third kappa shape index (κ3) is 3.73. The monoisotopic (exact) mass is 335 g/mol. The highest BCUT2D eigenvalue weighted by molar-refractivity contribution is 7.14. The van der Waals surface area contributed by atoms with E-state index in [1.807, 2.05) is 35.0 Å². The van der Waals surface area contributed by atoms with Gasteiger partial charge < -0.3 is 4.90 Å². The molecular weight excluding hydrogens is 318 g/mol. The summed E-state index contributed by atoms with van der Waals surface area (Å²) in [6, 6.07) is 7.49. The number of amides is 2. The number of Topliss-reactive ketones (excluding diaryl/α,β-unsaturated/α-hetero) is 1. The SMILES string of the molecule is O=C(CN1CCN(C(=O)Nc2cccs2)CC1)c1cccs1. The first-order valence-electron chi connectivity index (χ1n) is 7.11. The second-order valence-electron chi connectivity index (χ2n) is 5.07. The van der Waals surface area contributed by atoms with Gasteiger partial charge in [-0.05, 0) is 29.0 Å². The van der Waals surface area contributed by atoms with E-state index in [1.54, 1.807) is 4.90 Å². The smallest absolute Gasteiger partial charge is 0.322 e. The van der Waals surface area contributed by atoms with Crippen LogP contribution in [-0.2, 0) is 0 Å². The first kappa shape index (κ1) is 15.2. The van der Waals surface area contributed by atoms with Crippen LogP contribution >= 0.6 is 22.7 Å². The molecule has 1 aliphatic rings. The van der Waals surface area contributed by atoms with Crippen LogP contribution in [0.3, 0.4) is 0 Å². The van der Waals surface area contributed by atoms with E-state index in [0.717, 1.165) is 23.0 Å². The first-order valence-corrected chi connectivity index (χ1v) is 8.87. The van der Waals surface area contributed by atoms with E-state index < -0.39 is 0 Å². The third-order valence-electron chi connectivity index (χ3n) is 3.57. The molecule has 2 aromatic rings.